The molecule has 0 saturated carbocycles. The minimum Gasteiger partial charge on any atom is -0.490 e. The van der Waals surface area contributed by atoms with Crippen LogP contribution < -0.4 is 15.0 Å². The highest BCUT2D eigenvalue weighted by molar-refractivity contribution is 5.88. The lowest BCUT2D eigenvalue weighted by atomic mass is 10.1. The van der Waals surface area contributed by atoms with E-state index in [9.17, 15) is 4.79 Å². The number of rotatable bonds is 6. The highest BCUT2D eigenvalue weighted by Crippen LogP contribution is 2.24. The SMILES string of the molecule is CC(Nc1nccc(N2CCOC2=O)n1)c1ccc(OC2CCOCC2)cc1. The summed E-state index contributed by atoms with van der Waals surface area (Å²) < 4.78 is 16.3. The second kappa shape index (κ2) is 8.43. The molecule has 3 heterocycles. The van der Waals surface area contributed by atoms with Crippen molar-refractivity contribution in [3.63, 3.8) is 0 Å². The standard InChI is InChI=1S/C20H24N4O4/c1-14(15-2-4-16(5-3-15)28-17-7-11-26-12-8-17)22-19-21-9-6-18(23-19)24-10-13-27-20(24)25/h2-6,9,14,17H,7-8,10-13H2,1H3,(H,21,22,23). The molecule has 0 bridgehead atoms. The van der Waals surface area contributed by atoms with Crippen LogP contribution in [0.1, 0.15) is 31.4 Å². The van der Waals surface area contributed by atoms with E-state index in [1.165, 1.54) is 4.90 Å². The van der Waals surface area contributed by atoms with Crippen LogP contribution in [0.25, 0.3) is 0 Å². The van der Waals surface area contributed by atoms with Gasteiger partial charge in [0, 0.05) is 19.0 Å². The lowest BCUT2D eigenvalue weighted by Gasteiger charge is -2.23. The largest absolute Gasteiger partial charge is 0.490 e. The molecule has 1 aromatic heterocycles. The van der Waals surface area contributed by atoms with Crippen molar-refractivity contribution in [3.8, 4) is 5.75 Å². The third-order valence-electron chi connectivity index (χ3n) is 4.88. The molecule has 2 aromatic rings. The molecular weight excluding hydrogens is 360 g/mol. The molecule has 2 fully saturated rings. The third kappa shape index (κ3) is 4.33. The number of hydrogen-bond acceptors (Lipinski definition) is 7. The molecule has 0 radical (unpaired) electrons. The van der Waals surface area contributed by atoms with Crippen LogP contribution in [-0.2, 0) is 9.47 Å². The zero-order valence-electron chi connectivity index (χ0n) is 15.8. The molecule has 2 saturated heterocycles. The Bertz CT molecular complexity index is 808. The van der Waals surface area contributed by atoms with Crippen LogP contribution in [0.15, 0.2) is 36.5 Å². The van der Waals surface area contributed by atoms with Gasteiger partial charge in [0.1, 0.15) is 24.3 Å². The lowest BCUT2D eigenvalue weighted by molar-refractivity contribution is 0.0255. The monoisotopic (exact) mass is 384 g/mol. The van der Waals surface area contributed by atoms with Crippen molar-refractivity contribution in [1.82, 2.24) is 9.97 Å². The minimum atomic E-state index is -0.377. The van der Waals surface area contributed by atoms with Gasteiger partial charge < -0.3 is 19.5 Å². The number of ether oxygens (including phenoxy) is 3. The zero-order valence-corrected chi connectivity index (χ0v) is 15.8. The summed E-state index contributed by atoms with van der Waals surface area (Å²) >= 11 is 0. The van der Waals surface area contributed by atoms with E-state index < -0.39 is 0 Å². The van der Waals surface area contributed by atoms with Crippen molar-refractivity contribution in [2.24, 2.45) is 0 Å². The summed E-state index contributed by atoms with van der Waals surface area (Å²) in [4.78, 5) is 21.9. The van der Waals surface area contributed by atoms with Crippen LogP contribution in [0.5, 0.6) is 5.75 Å². The number of hydrogen-bond donors (Lipinski definition) is 1. The van der Waals surface area contributed by atoms with E-state index in [-0.39, 0.29) is 18.2 Å². The Kier molecular flexibility index (Phi) is 5.57. The van der Waals surface area contributed by atoms with E-state index >= 15 is 0 Å². The van der Waals surface area contributed by atoms with Gasteiger partial charge in [-0.3, -0.25) is 4.90 Å². The molecule has 28 heavy (non-hydrogen) atoms. The molecule has 4 rings (SSSR count). The van der Waals surface area contributed by atoms with Crippen molar-refractivity contribution < 1.29 is 19.0 Å². The van der Waals surface area contributed by atoms with Gasteiger partial charge in [-0.2, -0.15) is 4.98 Å². The van der Waals surface area contributed by atoms with Crippen molar-refractivity contribution in [2.75, 3.05) is 36.6 Å². The summed E-state index contributed by atoms with van der Waals surface area (Å²) in [6, 6.07) is 9.74. The molecule has 1 aromatic carbocycles. The fraction of sp³-hybridized carbons (Fsp3) is 0.450. The number of benzene rings is 1. The number of amides is 1. The van der Waals surface area contributed by atoms with Crippen LogP contribution in [0, 0.1) is 0 Å². The van der Waals surface area contributed by atoms with Gasteiger partial charge in [0.05, 0.1) is 25.8 Å². The van der Waals surface area contributed by atoms with Crippen molar-refractivity contribution in [3.05, 3.63) is 42.1 Å². The predicted octanol–water partition coefficient (Wildman–Crippen LogP) is 3.16. The maximum Gasteiger partial charge on any atom is 0.415 e. The van der Waals surface area contributed by atoms with Gasteiger partial charge in [-0.15, -0.1) is 0 Å². The fourth-order valence-electron chi connectivity index (χ4n) is 3.27. The molecule has 2 aliphatic rings. The molecule has 2 aliphatic heterocycles. The topological polar surface area (TPSA) is 85.8 Å². The Morgan fingerprint density at radius 1 is 1.18 bits per heavy atom. The Morgan fingerprint density at radius 2 is 1.96 bits per heavy atom. The quantitative estimate of drug-likeness (QED) is 0.819. The van der Waals surface area contributed by atoms with Crippen molar-refractivity contribution >= 4 is 17.9 Å². The summed E-state index contributed by atoms with van der Waals surface area (Å²) in [5, 5.41) is 3.28. The van der Waals surface area contributed by atoms with Gasteiger partial charge in [-0.25, -0.2) is 9.78 Å². The van der Waals surface area contributed by atoms with Crippen LogP contribution in [0.2, 0.25) is 0 Å². The zero-order chi connectivity index (χ0) is 19.3. The molecule has 1 atom stereocenters. The van der Waals surface area contributed by atoms with Gasteiger partial charge in [-0.05, 0) is 30.7 Å². The number of nitrogens with one attached hydrogen (secondary N) is 1. The van der Waals surface area contributed by atoms with E-state index in [2.05, 4.69) is 15.3 Å². The summed E-state index contributed by atoms with van der Waals surface area (Å²) in [5.74, 6) is 1.87. The molecule has 8 nitrogen and oxygen atoms in total. The Balaban J connectivity index is 1.38. The molecule has 148 valence electrons. The van der Waals surface area contributed by atoms with Gasteiger partial charge in [0.2, 0.25) is 5.95 Å². The van der Waals surface area contributed by atoms with Crippen LogP contribution in [0.4, 0.5) is 16.6 Å². The fourth-order valence-corrected chi connectivity index (χ4v) is 3.27. The number of carbonyl (C=O) groups is 1. The van der Waals surface area contributed by atoms with E-state index in [4.69, 9.17) is 14.2 Å². The highest BCUT2D eigenvalue weighted by Gasteiger charge is 2.25. The normalized spacial score (nSPS) is 18.6. The maximum atomic E-state index is 11.7. The van der Waals surface area contributed by atoms with Gasteiger partial charge in [0.15, 0.2) is 0 Å². The first-order valence-electron chi connectivity index (χ1n) is 9.57. The first-order valence-corrected chi connectivity index (χ1v) is 9.57. The van der Waals surface area contributed by atoms with Crippen LogP contribution in [-0.4, -0.2) is 48.5 Å². The number of aromatic nitrogens is 2. The molecule has 1 unspecified atom stereocenters. The molecule has 0 aliphatic carbocycles. The van der Waals surface area contributed by atoms with Gasteiger partial charge >= 0.3 is 6.09 Å². The number of cyclic esters (lactones) is 1. The maximum absolute atomic E-state index is 11.7. The molecule has 8 heteroatoms. The first-order chi connectivity index (χ1) is 13.7. The van der Waals surface area contributed by atoms with E-state index in [0.29, 0.717) is 24.9 Å². The summed E-state index contributed by atoms with van der Waals surface area (Å²) in [6.45, 7) is 4.44. The molecule has 1 amide bonds. The number of anilines is 2. The minimum absolute atomic E-state index is 0.00194. The van der Waals surface area contributed by atoms with Crippen LogP contribution in [0.3, 0.4) is 0 Å². The second-order valence-electron chi connectivity index (χ2n) is 6.87. The molecule has 1 N–H and O–H groups in total. The van der Waals surface area contributed by atoms with Crippen LogP contribution >= 0.6 is 0 Å². The van der Waals surface area contributed by atoms with Crippen molar-refractivity contribution in [2.45, 2.75) is 31.9 Å². The summed E-state index contributed by atoms with van der Waals surface area (Å²) in [6.07, 6.45) is 3.34. The Labute approximate surface area is 163 Å². The van der Waals surface area contributed by atoms with E-state index in [1.54, 1.807) is 12.3 Å². The first kappa shape index (κ1) is 18.5. The predicted molar refractivity (Wildman–Crippen MR) is 104 cm³/mol. The Hall–Kier alpha value is -2.87. The second-order valence-corrected chi connectivity index (χ2v) is 6.87. The summed E-state index contributed by atoms with van der Waals surface area (Å²) in [5.41, 5.74) is 1.09. The average Bonchev–Trinajstić information content (AvgIpc) is 3.15. The number of carbonyl (C=O) groups excluding carboxylic acids is 1. The lowest BCUT2D eigenvalue weighted by Crippen LogP contribution is -2.25. The average molecular weight is 384 g/mol. The molecular formula is C20H24N4O4. The van der Waals surface area contributed by atoms with E-state index in [1.807, 2.05) is 31.2 Å². The van der Waals surface area contributed by atoms with Gasteiger partial charge in [0.25, 0.3) is 0 Å². The smallest absolute Gasteiger partial charge is 0.415 e. The number of nitrogens with zero attached hydrogens (tertiary/aromatic N) is 3. The highest BCUT2D eigenvalue weighted by atomic mass is 16.6. The van der Waals surface area contributed by atoms with Gasteiger partial charge in [-0.1, -0.05) is 12.1 Å². The van der Waals surface area contributed by atoms with E-state index in [0.717, 1.165) is 37.4 Å². The Morgan fingerprint density at radius 3 is 2.68 bits per heavy atom. The van der Waals surface area contributed by atoms with Crippen molar-refractivity contribution in [1.29, 1.82) is 0 Å². The molecule has 0 spiro atoms. The summed E-state index contributed by atoms with van der Waals surface area (Å²) in [7, 11) is 0. The third-order valence-corrected chi connectivity index (χ3v) is 4.88.